The first-order valence-electron chi connectivity index (χ1n) is 5.15. The summed E-state index contributed by atoms with van der Waals surface area (Å²) in [6.45, 7) is 0.636. The van der Waals surface area contributed by atoms with Crippen LogP contribution >= 0.6 is 12.2 Å². The number of imidazole rings is 1. The molecular formula is C12H13N3OS. The van der Waals surface area contributed by atoms with Gasteiger partial charge in [0, 0.05) is 18.0 Å². The number of methoxy groups -OCH3 is 1. The van der Waals surface area contributed by atoms with Gasteiger partial charge in [-0.05, 0) is 6.07 Å². The summed E-state index contributed by atoms with van der Waals surface area (Å²) in [4.78, 5) is 4.42. The van der Waals surface area contributed by atoms with Crippen molar-refractivity contribution in [1.29, 1.82) is 0 Å². The lowest BCUT2D eigenvalue weighted by Gasteiger charge is -2.10. The molecule has 2 aromatic rings. The van der Waals surface area contributed by atoms with Crippen molar-refractivity contribution in [2.75, 3.05) is 7.11 Å². The van der Waals surface area contributed by atoms with Crippen LogP contribution in [-0.4, -0.2) is 21.6 Å². The molecule has 5 heteroatoms. The highest BCUT2D eigenvalue weighted by atomic mass is 32.1. The third kappa shape index (κ3) is 2.45. The highest BCUT2D eigenvalue weighted by Crippen LogP contribution is 2.18. The zero-order chi connectivity index (χ0) is 12.3. The van der Waals surface area contributed by atoms with E-state index in [1.807, 2.05) is 35.0 Å². The van der Waals surface area contributed by atoms with Gasteiger partial charge in [-0.15, -0.1) is 0 Å². The summed E-state index contributed by atoms with van der Waals surface area (Å²) in [6.07, 6.45) is 3.53. The average Bonchev–Trinajstić information content (AvgIpc) is 2.78. The van der Waals surface area contributed by atoms with Crippen molar-refractivity contribution < 1.29 is 4.74 Å². The molecular weight excluding hydrogens is 234 g/mol. The van der Waals surface area contributed by atoms with Gasteiger partial charge in [0.05, 0.1) is 13.7 Å². The smallest absolute Gasteiger partial charge is 0.167 e. The van der Waals surface area contributed by atoms with Crippen molar-refractivity contribution in [1.82, 2.24) is 9.55 Å². The standard InChI is InChI=1S/C12H13N3OS/c1-16-10-5-3-2-4-9(10)8-15-7-6-14-12(15)11(13)17/h2-7H,8H2,1H3,(H2,13,17). The van der Waals surface area contributed by atoms with Gasteiger partial charge in [0.15, 0.2) is 5.82 Å². The maximum Gasteiger partial charge on any atom is 0.167 e. The topological polar surface area (TPSA) is 53.1 Å². The third-order valence-corrected chi connectivity index (χ3v) is 2.65. The molecule has 4 nitrogen and oxygen atoms in total. The maximum absolute atomic E-state index is 5.60. The van der Waals surface area contributed by atoms with Crippen molar-refractivity contribution >= 4 is 17.2 Å². The molecule has 0 unspecified atom stereocenters. The van der Waals surface area contributed by atoms with E-state index in [4.69, 9.17) is 22.7 Å². The first kappa shape index (κ1) is 11.6. The molecule has 1 heterocycles. The van der Waals surface area contributed by atoms with Crippen LogP contribution in [-0.2, 0) is 6.54 Å². The second kappa shape index (κ2) is 4.97. The molecule has 0 aliphatic rings. The van der Waals surface area contributed by atoms with Gasteiger partial charge in [0.1, 0.15) is 10.7 Å². The molecule has 0 fully saturated rings. The number of hydrogen-bond donors (Lipinski definition) is 1. The minimum absolute atomic E-state index is 0.296. The lowest BCUT2D eigenvalue weighted by atomic mass is 10.2. The molecule has 1 aromatic heterocycles. The predicted octanol–water partition coefficient (Wildman–Crippen LogP) is 1.57. The Morgan fingerprint density at radius 2 is 2.24 bits per heavy atom. The molecule has 17 heavy (non-hydrogen) atoms. The van der Waals surface area contributed by atoms with Crippen LogP contribution < -0.4 is 10.5 Å². The normalized spacial score (nSPS) is 10.2. The van der Waals surface area contributed by atoms with Gasteiger partial charge in [-0.3, -0.25) is 0 Å². The Bertz CT molecular complexity index is 536. The van der Waals surface area contributed by atoms with Crippen molar-refractivity contribution in [3.63, 3.8) is 0 Å². The molecule has 0 saturated heterocycles. The van der Waals surface area contributed by atoms with Gasteiger partial charge in [-0.2, -0.15) is 0 Å². The number of ether oxygens (including phenoxy) is 1. The first-order chi connectivity index (χ1) is 8.22. The summed E-state index contributed by atoms with van der Waals surface area (Å²) in [5.41, 5.74) is 6.66. The molecule has 0 saturated carbocycles. The Morgan fingerprint density at radius 1 is 1.47 bits per heavy atom. The van der Waals surface area contributed by atoms with Crippen molar-refractivity contribution in [3.05, 3.63) is 48.0 Å². The van der Waals surface area contributed by atoms with Gasteiger partial charge in [0.25, 0.3) is 0 Å². The van der Waals surface area contributed by atoms with E-state index < -0.39 is 0 Å². The van der Waals surface area contributed by atoms with Crippen molar-refractivity contribution in [3.8, 4) is 5.75 Å². The van der Waals surface area contributed by atoms with E-state index in [-0.39, 0.29) is 0 Å². The number of aromatic nitrogens is 2. The van der Waals surface area contributed by atoms with Gasteiger partial charge < -0.3 is 15.0 Å². The summed E-state index contributed by atoms with van der Waals surface area (Å²) in [6, 6.07) is 7.83. The Labute approximate surface area is 105 Å². The van der Waals surface area contributed by atoms with E-state index in [1.54, 1.807) is 13.3 Å². The molecule has 0 bridgehead atoms. The number of para-hydroxylation sites is 1. The minimum Gasteiger partial charge on any atom is -0.496 e. The Balaban J connectivity index is 2.31. The monoisotopic (exact) mass is 247 g/mol. The van der Waals surface area contributed by atoms with Crippen LogP contribution in [0.2, 0.25) is 0 Å². The van der Waals surface area contributed by atoms with Gasteiger partial charge in [0.2, 0.25) is 0 Å². The van der Waals surface area contributed by atoms with Crippen molar-refractivity contribution in [2.24, 2.45) is 5.73 Å². The Morgan fingerprint density at radius 3 is 2.94 bits per heavy atom. The Hall–Kier alpha value is -1.88. The second-order valence-electron chi connectivity index (χ2n) is 3.55. The van der Waals surface area contributed by atoms with Gasteiger partial charge in [-0.1, -0.05) is 30.4 Å². The van der Waals surface area contributed by atoms with E-state index in [1.165, 1.54) is 0 Å². The fraction of sp³-hybridized carbons (Fsp3) is 0.167. The number of thiocarbonyl (C=S) groups is 1. The van der Waals surface area contributed by atoms with E-state index in [0.29, 0.717) is 17.4 Å². The molecule has 0 atom stereocenters. The van der Waals surface area contributed by atoms with E-state index in [0.717, 1.165) is 11.3 Å². The van der Waals surface area contributed by atoms with E-state index in [9.17, 15) is 0 Å². The van der Waals surface area contributed by atoms with Crippen LogP contribution in [0.5, 0.6) is 5.75 Å². The highest BCUT2D eigenvalue weighted by molar-refractivity contribution is 7.80. The number of hydrogen-bond acceptors (Lipinski definition) is 3. The predicted molar refractivity (Wildman–Crippen MR) is 70.2 cm³/mol. The minimum atomic E-state index is 0.296. The second-order valence-corrected chi connectivity index (χ2v) is 3.99. The van der Waals surface area contributed by atoms with E-state index in [2.05, 4.69) is 4.98 Å². The summed E-state index contributed by atoms with van der Waals surface area (Å²) in [5.74, 6) is 1.46. The number of benzene rings is 1. The molecule has 0 aliphatic carbocycles. The molecule has 1 aromatic carbocycles. The lowest BCUT2D eigenvalue weighted by molar-refractivity contribution is 0.408. The fourth-order valence-electron chi connectivity index (χ4n) is 1.68. The highest BCUT2D eigenvalue weighted by Gasteiger charge is 2.08. The van der Waals surface area contributed by atoms with Crippen molar-refractivity contribution in [2.45, 2.75) is 6.54 Å². The van der Waals surface area contributed by atoms with Crippen LogP contribution in [0.15, 0.2) is 36.7 Å². The summed E-state index contributed by atoms with van der Waals surface area (Å²) in [7, 11) is 1.65. The molecule has 0 aliphatic heterocycles. The van der Waals surface area contributed by atoms with Gasteiger partial charge in [-0.25, -0.2) is 4.98 Å². The average molecular weight is 247 g/mol. The molecule has 0 amide bonds. The molecule has 0 radical (unpaired) electrons. The van der Waals surface area contributed by atoms with Crippen LogP contribution in [0, 0.1) is 0 Å². The quantitative estimate of drug-likeness (QED) is 0.833. The zero-order valence-corrected chi connectivity index (χ0v) is 10.3. The summed E-state index contributed by atoms with van der Waals surface area (Å²) < 4.78 is 7.20. The molecule has 2 rings (SSSR count). The molecule has 2 N–H and O–H groups in total. The SMILES string of the molecule is COc1ccccc1Cn1ccnc1C(N)=S. The summed E-state index contributed by atoms with van der Waals surface area (Å²) in [5, 5.41) is 0. The number of nitrogens with zero attached hydrogens (tertiary/aromatic N) is 2. The van der Waals surface area contributed by atoms with Crippen LogP contribution in [0.25, 0.3) is 0 Å². The van der Waals surface area contributed by atoms with Gasteiger partial charge >= 0.3 is 0 Å². The fourth-order valence-corrected chi connectivity index (χ4v) is 1.85. The van der Waals surface area contributed by atoms with E-state index >= 15 is 0 Å². The maximum atomic E-state index is 5.60. The zero-order valence-electron chi connectivity index (χ0n) is 9.46. The number of rotatable bonds is 4. The first-order valence-corrected chi connectivity index (χ1v) is 5.56. The Kier molecular flexibility index (Phi) is 3.39. The summed E-state index contributed by atoms with van der Waals surface area (Å²) >= 11 is 4.94. The van der Waals surface area contributed by atoms with Crippen LogP contribution in [0.3, 0.4) is 0 Å². The molecule has 88 valence electrons. The van der Waals surface area contributed by atoms with Crippen LogP contribution in [0.1, 0.15) is 11.4 Å². The number of nitrogens with two attached hydrogens (primary N) is 1. The molecule has 0 spiro atoms. The lowest BCUT2D eigenvalue weighted by Crippen LogP contribution is -2.17. The largest absolute Gasteiger partial charge is 0.496 e. The third-order valence-electron chi connectivity index (χ3n) is 2.47. The van der Waals surface area contributed by atoms with Crippen LogP contribution in [0.4, 0.5) is 0 Å².